The average molecular weight is 480 g/mol. The summed E-state index contributed by atoms with van der Waals surface area (Å²) in [7, 11) is 0. The quantitative estimate of drug-likeness (QED) is 0.541. The lowest BCUT2D eigenvalue weighted by Gasteiger charge is -2.35. The summed E-state index contributed by atoms with van der Waals surface area (Å²) in [6.07, 6.45) is 3.17. The first-order chi connectivity index (χ1) is 16.3. The Kier molecular flexibility index (Phi) is 7.16. The fourth-order valence-corrected chi connectivity index (χ4v) is 5.42. The monoisotopic (exact) mass is 479 g/mol. The fraction of sp³-hybridized carbons (Fsp3) is 0.462. The minimum Gasteiger partial charge on any atom is -0.370 e. The Morgan fingerprint density at radius 2 is 1.85 bits per heavy atom. The minimum atomic E-state index is -0.0582. The van der Waals surface area contributed by atoms with E-state index in [9.17, 15) is 9.59 Å². The zero-order valence-corrected chi connectivity index (χ0v) is 21.5. The highest BCUT2D eigenvalue weighted by Crippen LogP contribution is 2.37. The number of hydrogen-bond donors (Lipinski definition) is 1. The molecule has 2 aromatic heterocycles. The molecular formula is C26H33N5O2S. The summed E-state index contributed by atoms with van der Waals surface area (Å²) >= 11 is 1.36. The van der Waals surface area contributed by atoms with Crippen LogP contribution in [0.5, 0.6) is 0 Å². The van der Waals surface area contributed by atoms with Crippen LogP contribution in [0.15, 0.2) is 24.4 Å². The van der Waals surface area contributed by atoms with E-state index in [2.05, 4.69) is 25.6 Å². The van der Waals surface area contributed by atoms with Gasteiger partial charge in [0.1, 0.15) is 4.83 Å². The number of hydrogen-bond acceptors (Lipinski definition) is 6. The predicted molar refractivity (Wildman–Crippen MR) is 139 cm³/mol. The van der Waals surface area contributed by atoms with Gasteiger partial charge in [-0.15, -0.1) is 0 Å². The molecule has 0 bridgehead atoms. The SMILES string of the molecule is CCN(CC)C(=O)c1cnc2snc(C)c2c1N1CCC(C(=O)Nc2cc(C)ccc2C)CC1. The Bertz CT molecular complexity index is 1210. The topological polar surface area (TPSA) is 78.4 Å². The molecule has 34 heavy (non-hydrogen) atoms. The van der Waals surface area contributed by atoms with Crippen LogP contribution in [0.3, 0.4) is 0 Å². The van der Waals surface area contributed by atoms with Crippen molar-refractivity contribution in [1.82, 2.24) is 14.3 Å². The number of nitrogens with one attached hydrogen (secondary N) is 1. The Labute approximate surface area is 205 Å². The highest BCUT2D eigenvalue weighted by molar-refractivity contribution is 7.13. The summed E-state index contributed by atoms with van der Waals surface area (Å²) in [6, 6.07) is 6.11. The Morgan fingerprint density at radius 3 is 2.53 bits per heavy atom. The molecule has 4 rings (SSSR count). The number of benzene rings is 1. The molecule has 1 fully saturated rings. The Hall–Kier alpha value is -3.00. The first-order valence-corrected chi connectivity index (χ1v) is 12.8. The van der Waals surface area contributed by atoms with E-state index in [4.69, 9.17) is 0 Å². The van der Waals surface area contributed by atoms with Gasteiger partial charge in [0.05, 0.1) is 22.3 Å². The maximum atomic E-state index is 13.4. The molecule has 1 aliphatic rings. The summed E-state index contributed by atoms with van der Waals surface area (Å²) < 4.78 is 4.51. The van der Waals surface area contributed by atoms with Crippen LogP contribution < -0.4 is 10.2 Å². The van der Waals surface area contributed by atoms with E-state index >= 15 is 0 Å². The maximum Gasteiger partial charge on any atom is 0.257 e. The smallest absolute Gasteiger partial charge is 0.257 e. The van der Waals surface area contributed by atoms with Crippen molar-refractivity contribution in [3.8, 4) is 0 Å². The zero-order chi connectivity index (χ0) is 24.4. The summed E-state index contributed by atoms with van der Waals surface area (Å²) in [5, 5.41) is 4.09. The molecule has 0 aliphatic carbocycles. The van der Waals surface area contributed by atoms with Gasteiger partial charge in [0, 0.05) is 44.0 Å². The van der Waals surface area contributed by atoms with Gasteiger partial charge in [0.25, 0.3) is 5.91 Å². The number of pyridine rings is 1. The van der Waals surface area contributed by atoms with Crippen molar-refractivity contribution in [3.05, 3.63) is 46.8 Å². The Balaban J connectivity index is 1.57. The average Bonchev–Trinajstić information content (AvgIpc) is 3.22. The highest BCUT2D eigenvalue weighted by atomic mass is 32.1. The molecule has 0 spiro atoms. The fourth-order valence-electron chi connectivity index (χ4n) is 4.67. The summed E-state index contributed by atoms with van der Waals surface area (Å²) in [5.74, 6) is 0.00737. The molecule has 1 saturated heterocycles. The second-order valence-electron chi connectivity index (χ2n) is 9.02. The van der Waals surface area contributed by atoms with E-state index in [1.165, 1.54) is 11.5 Å². The van der Waals surface area contributed by atoms with E-state index in [1.54, 1.807) is 6.20 Å². The third-order valence-corrected chi connectivity index (χ3v) is 7.61. The molecule has 180 valence electrons. The summed E-state index contributed by atoms with van der Waals surface area (Å²) in [4.78, 5) is 35.9. The number of carbonyl (C=O) groups is 2. The largest absolute Gasteiger partial charge is 0.370 e. The van der Waals surface area contributed by atoms with Gasteiger partial charge < -0.3 is 15.1 Å². The number of rotatable bonds is 6. The minimum absolute atomic E-state index is 0.00482. The molecule has 0 unspecified atom stereocenters. The third-order valence-electron chi connectivity index (χ3n) is 6.76. The normalized spacial score (nSPS) is 14.4. The van der Waals surface area contributed by atoms with Crippen molar-refractivity contribution >= 4 is 44.9 Å². The van der Waals surface area contributed by atoms with E-state index in [0.717, 1.165) is 51.3 Å². The lowest BCUT2D eigenvalue weighted by atomic mass is 9.94. The molecule has 1 N–H and O–H groups in total. The van der Waals surface area contributed by atoms with Crippen LogP contribution in [0.1, 0.15) is 53.9 Å². The van der Waals surface area contributed by atoms with E-state index in [0.29, 0.717) is 31.7 Å². The molecule has 3 aromatic rings. The summed E-state index contributed by atoms with van der Waals surface area (Å²) in [5.41, 5.74) is 5.51. The predicted octanol–water partition coefficient (Wildman–Crippen LogP) is 4.95. The first-order valence-electron chi connectivity index (χ1n) is 12.0. The van der Waals surface area contributed by atoms with Crippen LogP contribution in [0.4, 0.5) is 11.4 Å². The standard InChI is InChI=1S/C26H33N5O2S/c1-6-30(7-2)26(33)20-15-27-25-22(18(5)29-34-25)23(20)31-12-10-19(11-13-31)24(32)28-21-14-16(3)8-9-17(21)4/h8-9,14-15,19H,6-7,10-13H2,1-5H3,(H,28,32). The van der Waals surface area contributed by atoms with Gasteiger partial charge in [0.2, 0.25) is 5.91 Å². The van der Waals surface area contributed by atoms with Crippen molar-refractivity contribution < 1.29 is 9.59 Å². The van der Waals surface area contributed by atoms with Crippen molar-refractivity contribution in [2.75, 3.05) is 36.4 Å². The molecule has 0 radical (unpaired) electrons. The summed E-state index contributed by atoms with van der Waals surface area (Å²) in [6.45, 7) is 12.7. The first kappa shape index (κ1) is 24.1. The molecule has 1 aromatic carbocycles. The number of aromatic nitrogens is 2. The number of nitrogens with zero attached hydrogens (tertiary/aromatic N) is 4. The van der Waals surface area contributed by atoms with Gasteiger partial charge in [-0.05, 0) is 76.2 Å². The van der Waals surface area contributed by atoms with Crippen molar-refractivity contribution in [1.29, 1.82) is 0 Å². The molecule has 2 amide bonds. The molecule has 8 heteroatoms. The van der Waals surface area contributed by atoms with Crippen molar-refractivity contribution in [2.45, 2.75) is 47.5 Å². The van der Waals surface area contributed by atoms with Gasteiger partial charge in [-0.3, -0.25) is 9.59 Å². The van der Waals surface area contributed by atoms with Crippen LogP contribution >= 0.6 is 11.5 Å². The molecule has 3 heterocycles. The molecule has 0 saturated carbocycles. The molecule has 1 aliphatic heterocycles. The third kappa shape index (κ3) is 4.64. The van der Waals surface area contributed by atoms with Gasteiger partial charge in [-0.2, -0.15) is 4.37 Å². The molecule has 7 nitrogen and oxygen atoms in total. The second kappa shape index (κ2) is 10.1. The number of anilines is 2. The van der Waals surface area contributed by atoms with Gasteiger partial charge in [-0.25, -0.2) is 4.98 Å². The lowest BCUT2D eigenvalue weighted by molar-refractivity contribution is -0.120. The van der Waals surface area contributed by atoms with E-state index < -0.39 is 0 Å². The van der Waals surface area contributed by atoms with Gasteiger partial charge >= 0.3 is 0 Å². The van der Waals surface area contributed by atoms with E-state index in [1.807, 2.05) is 51.7 Å². The Morgan fingerprint density at radius 1 is 1.15 bits per heavy atom. The van der Waals surface area contributed by atoms with Crippen LogP contribution in [-0.4, -0.2) is 52.3 Å². The molecule has 0 atom stereocenters. The van der Waals surface area contributed by atoms with Crippen LogP contribution in [0.25, 0.3) is 10.2 Å². The van der Waals surface area contributed by atoms with Crippen LogP contribution in [0, 0.1) is 26.7 Å². The number of amides is 2. The van der Waals surface area contributed by atoms with Crippen molar-refractivity contribution in [3.63, 3.8) is 0 Å². The molecular weight excluding hydrogens is 446 g/mol. The number of fused-ring (bicyclic) bond motifs is 1. The van der Waals surface area contributed by atoms with E-state index in [-0.39, 0.29) is 17.7 Å². The van der Waals surface area contributed by atoms with Crippen LogP contribution in [-0.2, 0) is 4.79 Å². The number of piperidine rings is 1. The van der Waals surface area contributed by atoms with Crippen molar-refractivity contribution in [2.24, 2.45) is 5.92 Å². The second-order valence-corrected chi connectivity index (χ2v) is 9.77. The van der Waals surface area contributed by atoms with Gasteiger partial charge in [-0.1, -0.05) is 12.1 Å². The van der Waals surface area contributed by atoms with Crippen LogP contribution in [0.2, 0.25) is 0 Å². The maximum absolute atomic E-state index is 13.4. The van der Waals surface area contributed by atoms with Gasteiger partial charge in [0.15, 0.2) is 0 Å². The zero-order valence-electron chi connectivity index (χ0n) is 20.6. The number of aryl methyl sites for hydroxylation is 3. The number of carbonyl (C=O) groups excluding carboxylic acids is 2. The lowest BCUT2D eigenvalue weighted by Crippen LogP contribution is -2.40. The highest BCUT2D eigenvalue weighted by Gasteiger charge is 2.30.